The summed E-state index contributed by atoms with van der Waals surface area (Å²) in [7, 11) is 0. The molecule has 0 saturated carbocycles. The zero-order valence-corrected chi connectivity index (χ0v) is 6.07. The number of halogens is 2. The van der Waals surface area contributed by atoms with Gasteiger partial charge in [0, 0.05) is 10.9 Å². The summed E-state index contributed by atoms with van der Waals surface area (Å²) < 4.78 is 23.9. The van der Waals surface area contributed by atoms with E-state index in [0.717, 1.165) is 6.07 Å². The Hall–Kier alpha value is -1.53. The van der Waals surface area contributed by atoms with E-state index in [0.29, 0.717) is 4.79 Å². The molecule has 1 aromatic rings. The highest BCUT2D eigenvalue weighted by Gasteiger charge is 2.21. The molecule has 0 unspecified atom stereocenters. The third kappa shape index (κ3) is 1.39. The van der Waals surface area contributed by atoms with E-state index in [1.165, 1.54) is 6.92 Å². The Balaban J connectivity index is 3.09. The van der Waals surface area contributed by atoms with Gasteiger partial charge in [0.05, 0.1) is 10.1 Å². The van der Waals surface area contributed by atoms with Crippen LogP contribution in [0.25, 0.3) is 0 Å². The molecule has 1 rings (SSSR count). The predicted octanol–water partition coefficient (Wildman–Crippen LogP) is 1.17. The third-order valence-electron chi connectivity index (χ3n) is 1.26. The molecular weight excluding hydrogens is 172 g/mol. The molecule has 0 aromatic carbocycles. The van der Waals surface area contributed by atoms with E-state index in [1.807, 2.05) is 0 Å². The van der Waals surface area contributed by atoms with Crippen LogP contribution in [-0.4, -0.2) is 14.9 Å². The Kier molecular flexibility index (Phi) is 2.03. The van der Waals surface area contributed by atoms with Crippen molar-refractivity contribution in [3.05, 3.63) is 27.6 Å². The Morgan fingerprint density at radius 3 is 2.58 bits per heavy atom. The number of nitrogens with zero attached hydrogens (tertiary/aromatic N) is 3. The van der Waals surface area contributed by atoms with Gasteiger partial charge in [-0.15, -0.1) is 0 Å². The fraction of sp³-hybridized carbons (Fsp3) is 0.400. The highest BCUT2D eigenvalue weighted by atomic mass is 19.3. The van der Waals surface area contributed by atoms with Crippen LogP contribution in [0.2, 0.25) is 0 Å². The van der Waals surface area contributed by atoms with Gasteiger partial charge in [-0.3, -0.25) is 0 Å². The van der Waals surface area contributed by atoms with Crippen molar-refractivity contribution in [1.29, 1.82) is 0 Å². The smallest absolute Gasteiger partial charge is 0.305 e. The summed E-state index contributed by atoms with van der Waals surface area (Å²) >= 11 is 0. The normalized spacial score (nSPS) is 10.7. The molecule has 66 valence electrons. The monoisotopic (exact) mass is 177 g/mol. The SMILES string of the molecule is Cc1cc(C(F)F)nn1[N+](=O)[O-]. The predicted molar refractivity (Wildman–Crippen MR) is 34.3 cm³/mol. The highest BCUT2D eigenvalue weighted by Crippen LogP contribution is 2.17. The lowest BCUT2D eigenvalue weighted by Crippen LogP contribution is -2.12. The third-order valence-corrected chi connectivity index (χ3v) is 1.26. The quantitative estimate of drug-likeness (QED) is 0.503. The van der Waals surface area contributed by atoms with Crippen molar-refractivity contribution in [3.8, 4) is 0 Å². The summed E-state index contributed by atoms with van der Waals surface area (Å²) in [5.41, 5.74) is -0.500. The summed E-state index contributed by atoms with van der Waals surface area (Å²) in [4.78, 5) is 10.4. The van der Waals surface area contributed by atoms with E-state index in [4.69, 9.17) is 0 Å². The van der Waals surface area contributed by atoms with Crippen molar-refractivity contribution >= 4 is 0 Å². The van der Waals surface area contributed by atoms with Crippen molar-refractivity contribution in [2.24, 2.45) is 0 Å². The van der Waals surface area contributed by atoms with Crippen LogP contribution in [-0.2, 0) is 0 Å². The van der Waals surface area contributed by atoms with Gasteiger partial charge in [0.1, 0.15) is 5.69 Å². The van der Waals surface area contributed by atoms with E-state index in [1.54, 1.807) is 0 Å². The Morgan fingerprint density at radius 1 is 1.75 bits per heavy atom. The van der Waals surface area contributed by atoms with E-state index in [-0.39, 0.29) is 5.69 Å². The van der Waals surface area contributed by atoms with Gasteiger partial charge in [-0.1, -0.05) is 0 Å². The van der Waals surface area contributed by atoms with E-state index >= 15 is 0 Å². The second-order valence-electron chi connectivity index (χ2n) is 2.14. The first-order chi connectivity index (χ1) is 5.52. The zero-order valence-electron chi connectivity index (χ0n) is 6.07. The summed E-state index contributed by atoms with van der Waals surface area (Å²) in [6, 6.07) is 0.980. The Labute approximate surface area is 65.7 Å². The minimum atomic E-state index is -2.77. The van der Waals surface area contributed by atoms with Crippen LogP contribution in [0.15, 0.2) is 6.07 Å². The first-order valence-electron chi connectivity index (χ1n) is 3.01. The minimum absolute atomic E-state index is 0.0790. The van der Waals surface area contributed by atoms with E-state index in [2.05, 4.69) is 5.10 Å². The van der Waals surface area contributed by atoms with E-state index < -0.39 is 17.2 Å². The van der Waals surface area contributed by atoms with Crippen LogP contribution in [0.3, 0.4) is 0 Å². The molecule has 1 aromatic heterocycles. The van der Waals surface area contributed by atoms with Gasteiger partial charge in [-0.05, 0) is 6.92 Å². The van der Waals surface area contributed by atoms with Gasteiger partial charge >= 0.3 is 6.43 Å². The summed E-state index contributed by atoms with van der Waals surface area (Å²) in [6.45, 7) is 1.34. The number of alkyl halides is 2. The summed E-state index contributed by atoms with van der Waals surface area (Å²) in [6.07, 6.45) is -2.77. The molecule has 0 aliphatic heterocycles. The topological polar surface area (TPSA) is 61.0 Å². The molecule has 0 aliphatic carbocycles. The molecule has 0 aliphatic rings. The van der Waals surface area contributed by atoms with Gasteiger partial charge in [0.15, 0.2) is 0 Å². The number of rotatable bonds is 2. The lowest BCUT2D eigenvalue weighted by molar-refractivity contribution is -0.554. The fourth-order valence-corrected chi connectivity index (χ4v) is 0.761. The average molecular weight is 177 g/mol. The number of aromatic nitrogens is 2. The summed E-state index contributed by atoms with van der Waals surface area (Å²) in [5, 5.41) is 12.3. The number of nitro groups is 1. The standard InChI is InChI=1S/C5H5F2N3O2/c1-3-2-4(5(6)7)8-9(3)10(11)12/h2,5H,1H3. The van der Waals surface area contributed by atoms with E-state index in [9.17, 15) is 18.9 Å². The van der Waals surface area contributed by atoms with Crippen LogP contribution < -0.4 is 0 Å². The van der Waals surface area contributed by atoms with Crippen LogP contribution in [0.1, 0.15) is 17.8 Å². The molecule has 0 amide bonds. The fourth-order valence-electron chi connectivity index (χ4n) is 0.761. The lowest BCUT2D eigenvalue weighted by atomic mass is 10.4. The molecule has 1 heterocycles. The van der Waals surface area contributed by atoms with Crippen LogP contribution in [0, 0.1) is 17.0 Å². The second-order valence-corrected chi connectivity index (χ2v) is 2.14. The van der Waals surface area contributed by atoms with Gasteiger partial charge in [0.25, 0.3) is 0 Å². The molecule has 0 spiro atoms. The molecule has 5 nitrogen and oxygen atoms in total. The van der Waals surface area contributed by atoms with Gasteiger partial charge in [0.2, 0.25) is 5.69 Å². The molecule has 0 fully saturated rings. The second kappa shape index (κ2) is 2.84. The molecule has 0 saturated heterocycles. The largest absolute Gasteiger partial charge is 0.339 e. The number of hydrogen-bond donors (Lipinski definition) is 0. The highest BCUT2D eigenvalue weighted by molar-refractivity contribution is 5.08. The molecule has 0 N–H and O–H groups in total. The minimum Gasteiger partial charge on any atom is -0.339 e. The number of aryl methyl sites for hydroxylation is 1. The molecule has 0 bridgehead atoms. The van der Waals surface area contributed by atoms with Crippen molar-refractivity contribution in [1.82, 2.24) is 9.89 Å². The average Bonchev–Trinajstić information content (AvgIpc) is 2.30. The molecule has 12 heavy (non-hydrogen) atoms. The van der Waals surface area contributed by atoms with Gasteiger partial charge in [-0.2, -0.15) is 0 Å². The van der Waals surface area contributed by atoms with Crippen molar-refractivity contribution in [3.63, 3.8) is 0 Å². The van der Waals surface area contributed by atoms with Crippen LogP contribution >= 0.6 is 0 Å². The van der Waals surface area contributed by atoms with Crippen molar-refractivity contribution in [2.75, 3.05) is 0 Å². The van der Waals surface area contributed by atoms with Crippen molar-refractivity contribution in [2.45, 2.75) is 13.3 Å². The maximum Gasteiger partial charge on any atom is 0.305 e. The molecular formula is C5H5F2N3O2. The van der Waals surface area contributed by atoms with Crippen LogP contribution in [0.4, 0.5) is 8.78 Å². The summed E-state index contributed by atoms with van der Waals surface area (Å²) in [5.74, 6) is 0. The first-order valence-corrected chi connectivity index (χ1v) is 3.01. The van der Waals surface area contributed by atoms with Gasteiger partial charge < -0.3 is 10.1 Å². The lowest BCUT2D eigenvalue weighted by Gasteiger charge is -1.91. The zero-order chi connectivity index (χ0) is 9.30. The van der Waals surface area contributed by atoms with Gasteiger partial charge in [-0.25, -0.2) is 8.78 Å². The first kappa shape index (κ1) is 8.57. The molecule has 0 atom stereocenters. The van der Waals surface area contributed by atoms with Crippen LogP contribution in [0.5, 0.6) is 0 Å². The van der Waals surface area contributed by atoms with Crippen molar-refractivity contribution < 1.29 is 13.8 Å². The maximum atomic E-state index is 11.9. The maximum absolute atomic E-state index is 11.9. The number of hydrogen-bond acceptors (Lipinski definition) is 3. The Morgan fingerprint density at radius 2 is 2.33 bits per heavy atom. The molecule has 7 heteroatoms. The molecule has 0 radical (unpaired) electrons. The Bertz CT molecular complexity index is 310.